The number of nitrogens with zero attached hydrogens (tertiary/aromatic N) is 1. The molecule has 36 heavy (non-hydrogen) atoms. The smallest absolute Gasteiger partial charge is 0.270 e. The molecule has 1 saturated heterocycles. The lowest BCUT2D eigenvalue weighted by atomic mass is 10.0. The maximum Gasteiger partial charge on any atom is 0.270 e. The van der Waals surface area contributed by atoms with Gasteiger partial charge in [0.05, 0.1) is 17.2 Å². The van der Waals surface area contributed by atoms with Crippen molar-refractivity contribution in [3.05, 3.63) is 101 Å². The van der Waals surface area contributed by atoms with Gasteiger partial charge in [0.1, 0.15) is 6.61 Å². The summed E-state index contributed by atoms with van der Waals surface area (Å²) in [6, 6.07) is 21.8. The van der Waals surface area contributed by atoms with E-state index in [1.807, 2.05) is 92.1 Å². The maximum absolute atomic E-state index is 13.3. The van der Waals surface area contributed by atoms with E-state index in [0.717, 1.165) is 27.3 Å². The van der Waals surface area contributed by atoms with Crippen LogP contribution in [0.15, 0.2) is 89.2 Å². The Labute approximate surface area is 226 Å². The SMILES string of the molecule is C=CCc1cc(/C=C2\SC(=S)N(c3cccc(SC)c3)C2=O)cc(OCC)c1OCc1ccccc1. The number of ether oxygens (including phenoxy) is 2. The molecule has 1 heterocycles. The van der Waals surface area contributed by atoms with Gasteiger partial charge in [0.2, 0.25) is 0 Å². The van der Waals surface area contributed by atoms with E-state index in [0.29, 0.717) is 40.4 Å². The van der Waals surface area contributed by atoms with Gasteiger partial charge in [-0.1, -0.05) is 66.5 Å². The second-order valence-electron chi connectivity index (χ2n) is 7.93. The number of amides is 1. The molecule has 0 spiro atoms. The highest BCUT2D eigenvalue weighted by molar-refractivity contribution is 8.27. The zero-order valence-corrected chi connectivity index (χ0v) is 22.7. The van der Waals surface area contributed by atoms with Gasteiger partial charge in [-0.2, -0.15) is 0 Å². The summed E-state index contributed by atoms with van der Waals surface area (Å²) in [4.78, 5) is 16.6. The number of carbonyl (C=O) groups is 1. The number of benzene rings is 3. The van der Waals surface area contributed by atoms with Gasteiger partial charge < -0.3 is 9.47 Å². The lowest BCUT2D eigenvalue weighted by molar-refractivity contribution is -0.113. The normalized spacial score (nSPS) is 14.4. The van der Waals surface area contributed by atoms with E-state index in [2.05, 4.69) is 6.58 Å². The minimum Gasteiger partial charge on any atom is -0.490 e. The minimum absolute atomic E-state index is 0.129. The molecule has 1 aliphatic heterocycles. The van der Waals surface area contributed by atoms with Crippen LogP contribution >= 0.6 is 35.7 Å². The molecule has 0 bridgehead atoms. The number of hydrogen-bond acceptors (Lipinski definition) is 6. The van der Waals surface area contributed by atoms with Gasteiger partial charge in [0, 0.05) is 10.5 Å². The Morgan fingerprint density at radius 2 is 1.89 bits per heavy atom. The van der Waals surface area contributed by atoms with E-state index < -0.39 is 0 Å². The Morgan fingerprint density at radius 3 is 2.61 bits per heavy atom. The summed E-state index contributed by atoms with van der Waals surface area (Å²) in [6.45, 7) is 6.77. The lowest BCUT2D eigenvalue weighted by Crippen LogP contribution is -2.27. The van der Waals surface area contributed by atoms with Crippen LogP contribution in [0.1, 0.15) is 23.6 Å². The quantitative estimate of drug-likeness (QED) is 0.116. The fraction of sp³-hybridized carbons (Fsp3) is 0.172. The summed E-state index contributed by atoms with van der Waals surface area (Å²) in [5.74, 6) is 1.21. The summed E-state index contributed by atoms with van der Waals surface area (Å²) in [5, 5.41) is 0. The molecule has 0 aliphatic carbocycles. The van der Waals surface area contributed by atoms with Crippen molar-refractivity contribution >= 4 is 57.7 Å². The number of hydrogen-bond donors (Lipinski definition) is 0. The van der Waals surface area contributed by atoms with Crippen LogP contribution in [0, 0.1) is 0 Å². The molecule has 4 rings (SSSR count). The van der Waals surface area contributed by atoms with Gasteiger partial charge in [0.15, 0.2) is 15.8 Å². The Hall–Kier alpha value is -3.00. The van der Waals surface area contributed by atoms with Crippen LogP contribution in [0.25, 0.3) is 6.08 Å². The van der Waals surface area contributed by atoms with Crippen molar-refractivity contribution in [1.82, 2.24) is 0 Å². The average Bonchev–Trinajstić information content (AvgIpc) is 3.16. The molecule has 4 nitrogen and oxygen atoms in total. The van der Waals surface area contributed by atoms with Crippen LogP contribution in [-0.4, -0.2) is 23.1 Å². The molecule has 0 atom stereocenters. The molecule has 1 fully saturated rings. The number of thioether (sulfide) groups is 2. The number of anilines is 1. The summed E-state index contributed by atoms with van der Waals surface area (Å²) < 4.78 is 12.7. The Bertz CT molecular complexity index is 1300. The second-order valence-corrected chi connectivity index (χ2v) is 10.5. The number of rotatable bonds is 10. The number of carbonyl (C=O) groups excluding carboxylic acids is 1. The van der Waals surface area contributed by atoms with E-state index in [1.54, 1.807) is 16.7 Å². The molecule has 3 aromatic rings. The first kappa shape index (κ1) is 26.1. The van der Waals surface area contributed by atoms with Gasteiger partial charge >= 0.3 is 0 Å². The van der Waals surface area contributed by atoms with Crippen molar-refractivity contribution in [3.8, 4) is 11.5 Å². The Morgan fingerprint density at radius 1 is 1.08 bits per heavy atom. The van der Waals surface area contributed by atoms with Crippen LogP contribution in [0.2, 0.25) is 0 Å². The van der Waals surface area contributed by atoms with Crippen molar-refractivity contribution in [1.29, 1.82) is 0 Å². The highest BCUT2D eigenvalue weighted by Crippen LogP contribution is 2.39. The van der Waals surface area contributed by atoms with E-state index in [9.17, 15) is 4.79 Å². The van der Waals surface area contributed by atoms with E-state index in [-0.39, 0.29) is 5.91 Å². The number of allylic oxidation sites excluding steroid dienone is 1. The Balaban J connectivity index is 1.66. The molecule has 0 saturated carbocycles. The number of thiocarbonyl (C=S) groups is 1. The van der Waals surface area contributed by atoms with Crippen molar-refractivity contribution in [2.75, 3.05) is 17.8 Å². The van der Waals surface area contributed by atoms with Crippen LogP contribution in [-0.2, 0) is 17.8 Å². The molecule has 184 valence electrons. The van der Waals surface area contributed by atoms with Crippen molar-refractivity contribution in [2.24, 2.45) is 0 Å². The topological polar surface area (TPSA) is 38.8 Å². The molecular weight excluding hydrogens is 507 g/mol. The van der Waals surface area contributed by atoms with Gasteiger partial charge in [-0.3, -0.25) is 9.69 Å². The van der Waals surface area contributed by atoms with Crippen molar-refractivity contribution in [2.45, 2.75) is 24.8 Å². The molecule has 1 amide bonds. The first-order valence-corrected chi connectivity index (χ1v) is 14.0. The molecule has 7 heteroatoms. The van der Waals surface area contributed by atoms with Crippen LogP contribution in [0.3, 0.4) is 0 Å². The van der Waals surface area contributed by atoms with Crippen molar-refractivity contribution in [3.63, 3.8) is 0 Å². The first-order valence-electron chi connectivity index (χ1n) is 11.5. The van der Waals surface area contributed by atoms with E-state index in [4.69, 9.17) is 21.7 Å². The minimum atomic E-state index is -0.129. The zero-order valence-electron chi connectivity index (χ0n) is 20.2. The van der Waals surface area contributed by atoms with Gasteiger partial charge in [-0.15, -0.1) is 18.3 Å². The standard InChI is InChI=1S/C29H27NO3S3/c1-4-10-22-15-21(16-25(32-5-2)27(22)33-19-20-11-7-6-8-12-20)17-26-28(31)30(29(34)36-26)23-13-9-14-24(18-23)35-3/h4,6-9,11-18H,1,5,10,19H2,2-3H3/b26-17-. The van der Waals surface area contributed by atoms with Crippen LogP contribution in [0.5, 0.6) is 11.5 Å². The third kappa shape index (κ3) is 6.03. The predicted octanol–water partition coefficient (Wildman–Crippen LogP) is 7.52. The maximum atomic E-state index is 13.3. The second kappa shape index (κ2) is 12.3. The highest BCUT2D eigenvalue weighted by Gasteiger charge is 2.33. The summed E-state index contributed by atoms with van der Waals surface area (Å²) in [6.07, 6.45) is 6.32. The monoisotopic (exact) mass is 533 g/mol. The lowest BCUT2D eigenvalue weighted by Gasteiger charge is -2.17. The van der Waals surface area contributed by atoms with E-state index in [1.165, 1.54) is 11.8 Å². The fourth-order valence-corrected chi connectivity index (χ4v) is 5.57. The summed E-state index contributed by atoms with van der Waals surface area (Å²) in [5.41, 5.74) is 3.64. The largest absolute Gasteiger partial charge is 0.490 e. The third-order valence-electron chi connectivity index (χ3n) is 5.45. The fourth-order valence-electron chi connectivity index (χ4n) is 3.82. The molecule has 0 aromatic heterocycles. The van der Waals surface area contributed by atoms with Gasteiger partial charge in [-0.05, 0) is 67.1 Å². The summed E-state index contributed by atoms with van der Waals surface area (Å²) >= 11 is 8.50. The Kier molecular flexibility index (Phi) is 8.91. The van der Waals surface area contributed by atoms with Gasteiger partial charge in [-0.25, -0.2) is 0 Å². The first-order chi connectivity index (χ1) is 17.5. The molecule has 0 radical (unpaired) electrons. The zero-order chi connectivity index (χ0) is 25.5. The molecule has 1 aliphatic rings. The van der Waals surface area contributed by atoms with Gasteiger partial charge in [0.25, 0.3) is 5.91 Å². The van der Waals surface area contributed by atoms with E-state index >= 15 is 0 Å². The van der Waals surface area contributed by atoms with Crippen LogP contribution in [0.4, 0.5) is 5.69 Å². The molecule has 3 aromatic carbocycles. The molecule has 0 N–H and O–H groups in total. The molecular formula is C29H27NO3S3. The highest BCUT2D eigenvalue weighted by atomic mass is 32.2. The van der Waals surface area contributed by atoms with Crippen LogP contribution < -0.4 is 14.4 Å². The predicted molar refractivity (Wildman–Crippen MR) is 156 cm³/mol. The van der Waals surface area contributed by atoms with Crippen molar-refractivity contribution < 1.29 is 14.3 Å². The average molecular weight is 534 g/mol. The summed E-state index contributed by atoms with van der Waals surface area (Å²) in [7, 11) is 0. The molecule has 0 unspecified atom stereocenters. The third-order valence-corrected chi connectivity index (χ3v) is 7.47.